The molecular weight excluding hydrogens is 304 g/mol. The molecule has 1 unspecified atom stereocenters. The second kappa shape index (κ2) is 7.17. The van der Waals surface area contributed by atoms with Gasteiger partial charge in [-0.2, -0.15) is 0 Å². The number of hydrogen-bond acceptors (Lipinski definition) is 3. The number of hydrogen-bond donors (Lipinski definition) is 1. The summed E-state index contributed by atoms with van der Waals surface area (Å²) < 4.78 is 28.9. The Labute approximate surface area is 133 Å². The minimum atomic E-state index is -0.616. The fourth-order valence-corrected chi connectivity index (χ4v) is 2.18. The molecule has 2 aromatic rings. The number of carbonyl (C=O) groups excluding carboxylic acids is 1. The van der Waals surface area contributed by atoms with E-state index in [2.05, 4.69) is 15.5 Å². The van der Waals surface area contributed by atoms with Crippen LogP contribution in [0.15, 0.2) is 24.5 Å². The zero-order valence-corrected chi connectivity index (χ0v) is 13.3. The quantitative estimate of drug-likeness (QED) is 0.919. The van der Waals surface area contributed by atoms with Crippen molar-refractivity contribution in [3.05, 3.63) is 47.5 Å². The Morgan fingerprint density at radius 1 is 1.43 bits per heavy atom. The number of nitrogens with zero attached hydrogens (tertiary/aromatic N) is 4. The number of benzene rings is 1. The molecule has 0 spiro atoms. The highest BCUT2D eigenvalue weighted by Gasteiger charge is 2.21. The van der Waals surface area contributed by atoms with Crippen molar-refractivity contribution >= 4 is 6.03 Å². The molecule has 0 aliphatic carbocycles. The third kappa shape index (κ3) is 3.82. The molecule has 0 bridgehead atoms. The van der Waals surface area contributed by atoms with Gasteiger partial charge in [0.1, 0.15) is 18.0 Å². The van der Waals surface area contributed by atoms with E-state index in [-0.39, 0.29) is 12.1 Å². The Balaban J connectivity index is 2.02. The van der Waals surface area contributed by atoms with Gasteiger partial charge in [0.05, 0.1) is 12.6 Å². The van der Waals surface area contributed by atoms with Crippen LogP contribution < -0.4 is 5.32 Å². The zero-order chi connectivity index (χ0) is 17.0. The predicted molar refractivity (Wildman–Crippen MR) is 80.5 cm³/mol. The van der Waals surface area contributed by atoms with Crippen LogP contribution in [0.4, 0.5) is 13.6 Å². The van der Waals surface area contributed by atoms with Gasteiger partial charge in [0, 0.05) is 19.2 Å². The lowest BCUT2D eigenvalue weighted by Gasteiger charge is -2.25. The first kappa shape index (κ1) is 16.9. The minimum Gasteiger partial charge on any atom is -0.331 e. The van der Waals surface area contributed by atoms with Gasteiger partial charge in [-0.1, -0.05) is 0 Å². The van der Waals surface area contributed by atoms with Crippen molar-refractivity contribution in [1.82, 2.24) is 25.0 Å². The molecule has 124 valence electrons. The summed E-state index contributed by atoms with van der Waals surface area (Å²) in [5, 5.41) is 10.4. The van der Waals surface area contributed by atoms with Gasteiger partial charge in [-0.25, -0.2) is 13.6 Å². The Kier molecular flexibility index (Phi) is 5.25. The molecule has 0 saturated heterocycles. The summed E-state index contributed by atoms with van der Waals surface area (Å²) >= 11 is 0. The SMILES string of the molecule is CCn1cnnc1CNC(=O)N(C)C(C)c1cc(F)ccc1F. The summed E-state index contributed by atoms with van der Waals surface area (Å²) in [6.45, 7) is 4.47. The second-order valence-corrected chi connectivity index (χ2v) is 5.14. The monoisotopic (exact) mass is 323 g/mol. The number of amides is 2. The second-order valence-electron chi connectivity index (χ2n) is 5.14. The van der Waals surface area contributed by atoms with Gasteiger partial charge in [0.15, 0.2) is 5.82 Å². The topological polar surface area (TPSA) is 63.1 Å². The Bertz CT molecular complexity index is 688. The Morgan fingerprint density at radius 2 is 2.17 bits per heavy atom. The molecule has 2 amide bonds. The smallest absolute Gasteiger partial charge is 0.318 e. The Hall–Kier alpha value is -2.51. The molecule has 0 saturated carbocycles. The van der Waals surface area contributed by atoms with E-state index in [1.54, 1.807) is 17.8 Å². The lowest BCUT2D eigenvalue weighted by Crippen LogP contribution is -2.39. The van der Waals surface area contributed by atoms with Gasteiger partial charge in [-0.05, 0) is 32.0 Å². The zero-order valence-electron chi connectivity index (χ0n) is 13.3. The summed E-state index contributed by atoms with van der Waals surface area (Å²) in [7, 11) is 1.52. The standard InChI is InChI=1S/C15H19F2N5O/c1-4-22-9-19-20-14(22)8-18-15(23)21(3)10(2)12-7-11(16)5-6-13(12)17/h5-7,9-10H,4,8H2,1-3H3,(H,18,23). The maximum atomic E-state index is 13.8. The maximum absolute atomic E-state index is 13.8. The molecule has 6 nitrogen and oxygen atoms in total. The highest BCUT2D eigenvalue weighted by atomic mass is 19.1. The van der Waals surface area contributed by atoms with E-state index >= 15 is 0 Å². The normalized spacial score (nSPS) is 12.0. The van der Waals surface area contributed by atoms with Crippen molar-refractivity contribution in [1.29, 1.82) is 0 Å². The third-order valence-electron chi connectivity index (χ3n) is 3.74. The maximum Gasteiger partial charge on any atom is 0.318 e. The van der Waals surface area contributed by atoms with Crippen LogP contribution in [-0.4, -0.2) is 32.7 Å². The largest absolute Gasteiger partial charge is 0.331 e. The number of aromatic nitrogens is 3. The molecule has 0 fully saturated rings. The van der Waals surface area contributed by atoms with Crippen molar-refractivity contribution in [3.8, 4) is 0 Å². The molecule has 8 heteroatoms. The summed E-state index contributed by atoms with van der Waals surface area (Å²) in [6, 6.07) is 2.17. The molecule has 1 N–H and O–H groups in total. The van der Waals surface area contributed by atoms with E-state index in [1.165, 1.54) is 11.9 Å². The van der Waals surface area contributed by atoms with E-state index in [0.29, 0.717) is 12.4 Å². The van der Waals surface area contributed by atoms with Gasteiger partial charge in [-0.3, -0.25) is 0 Å². The van der Waals surface area contributed by atoms with Crippen molar-refractivity contribution in [2.75, 3.05) is 7.05 Å². The lowest BCUT2D eigenvalue weighted by atomic mass is 10.1. The molecule has 0 radical (unpaired) electrons. The summed E-state index contributed by atoms with van der Waals surface area (Å²) in [5.74, 6) is -0.471. The van der Waals surface area contributed by atoms with Crippen LogP contribution in [0.1, 0.15) is 31.3 Å². The molecule has 1 atom stereocenters. The average molecular weight is 323 g/mol. The number of carbonyl (C=O) groups is 1. The van der Waals surface area contributed by atoms with Gasteiger partial charge < -0.3 is 14.8 Å². The average Bonchev–Trinajstić information content (AvgIpc) is 3.01. The minimum absolute atomic E-state index is 0.124. The van der Waals surface area contributed by atoms with E-state index in [4.69, 9.17) is 0 Å². The first-order chi connectivity index (χ1) is 10.9. The molecule has 23 heavy (non-hydrogen) atoms. The van der Waals surface area contributed by atoms with Crippen LogP contribution in [0.2, 0.25) is 0 Å². The molecule has 1 aromatic carbocycles. The summed E-state index contributed by atoms with van der Waals surface area (Å²) in [6.07, 6.45) is 1.58. The van der Waals surface area contributed by atoms with Gasteiger partial charge >= 0.3 is 6.03 Å². The highest BCUT2D eigenvalue weighted by molar-refractivity contribution is 5.74. The first-order valence-electron chi connectivity index (χ1n) is 7.26. The number of aryl methyl sites for hydroxylation is 1. The molecule has 0 aliphatic heterocycles. The lowest BCUT2D eigenvalue weighted by molar-refractivity contribution is 0.192. The van der Waals surface area contributed by atoms with E-state index in [1.807, 2.05) is 6.92 Å². The van der Waals surface area contributed by atoms with E-state index < -0.39 is 23.7 Å². The van der Waals surface area contributed by atoms with Crippen molar-refractivity contribution < 1.29 is 13.6 Å². The van der Waals surface area contributed by atoms with Crippen LogP contribution in [0, 0.1) is 11.6 Å². The number of rotatable bonds is 5. The van der Waals surface area contributed by atoms with Crippen LogP contribution >= 0.6 is 0 Å². The van der Waals surface area contributed by atoms with Crippen molar-refractivity contribution in [2.24, 2.45) is 0 Å². The van der Waals surface area contributed by atoms with Crippen LogP contribution in [0.3, 0.4) is 0 Å². The number of halogens is 2. The highest BCUT2D eigenvalue weighted by Crippen LogP contribution is 2.22. The van der Waals surface area contributed by atoms with Gasteiger partial charge in [0.25, 0.3) is 0 Å². The van der Waals surface area contributed by atoms with Gasteiger partial charge in [0.2, 0.25) is 0 Å². The molecular formula is C15H19F2N5O. The summed E-state index contributed by atoms with van der Waals surface area (Å²) in [5.41, 5.74) is 0.124. The van der Waals surface area contributed by atoms with Crippen molar-refractivity contribution in [2.45, 2.75) is 33.0 Å². The van der Waals surface area contributed by atoms with Crippen molar-refractivity contribution in [3.63, 3.8) is 0 Å². The third-order valence-corrected chi connectivity index (χ3v) is 3.74. The van der Waals surface area contributed by atoms with E-state index in [9.17, 15) is 13.6 Å². The van der Waals surface area contributed by atoms with Crippen LogP contribution in [0.25, 0.3) is 0 Å². The fraction of sp³-hybridized carbons (Fsp3) is 0.400. The van der Waals surface area contributed by atoms with Crippen LogP contribution in [0.5, 0.6) is 0 Å². The predicted octanol–water partition coefficient (Wildman–Crippen LogP) is 2.48. The first-order valence-corrected chi connectivity index (χ1v) is 7.26. The molecule has 1 aromatic heterocycles. The number of urea groups is 1. The van der Waals surface area contributed by atoms with Gasteiger partial charge in [-0.15, -0.1) is 10.2 Å². The van der Waals surface area contributed by atoms with E-state index in [0.717, 1.165) is 18.2 Å². The summed E-state index contributed by atoms with van der Waals surface area (Å²) in [4.78, 5) is 13.5. The molecule has 1 heterocycles. The molecule has 2 rings (SSSR count). The Morgan fingerprint density at radius 3 is 2.87 bits per heavy atom. The molecule has 0 aliphatic rings. The number of nitrogens with one attached hydrogen (secondary N) is 1. The van der Waals surface area contributed by atoms with Crippen LogP contribution in [-0.2, 0) is 13.1 Å². The fourth-order valence-electron chi connectivity index (χ4n) is 2.18.